The fraction of sp³-hybridized carbons (Fsp3) is 0.312. The van der Waals surface area contributed by atoms with Gasteiger partial charge >= 0.3 is 5.97 Å². The number of thioether (sulfide) groups is 2. The lowest BCUT2D eigenvalue weighted by molar-refractivity contribution is -0.137. The zero-order valence-electron chi connectivity index (χ0n) is 13.2. The van der Waals surface area contributed by atoms with Crippen LogP contribution in [0.1, 0.15) is 6.92 Å². The van der Waals surface area contributed by atoms with Crippen LogP contribution in [-0.2, 0) is 14.3 Å². The summed E-state index contributed by atoms with van der Waals surface area (Å²) in [5.74, 6) is 0.665. The number of carbonyl (C=O) groups excluding carboxylic acids is 2. The highest BCUT2D eigenvalue weighted by atomic mass is 32.2. The minimum Gasteiger partial charge on any atom is -0.463 e. The van der Waals surface area contributed by atoms with Gasteiger partial charge in [0.25, 0.3) is 0 Å². The van der Waals surface area contributed by atoms with Crippen LogP contribution < -0.4 is 0 Å². The second kappa shape index (κ2) is 7.76. The molecule has 0 aromatic carbocycles. The molecule has 3 heterocycles. The van der Waals surface area contributed by atoms with E-state index in [1.54, 1.807) is 23.6 Å². The Labute approximate surface area is 148 Å². The van der Waals surface area contributed by atoms with E-state index >= 15 is 0 Å². The van der Waals surface area contributed by atoms with E-state index in [9.17, 15) is 9.59 Å². The molecule has 1 amide bonds. The van der Waals surface area contributed by atoms with Crippen LogP contribution in [0.2, 0.25) is 0 Å². The third kappa shape index (κ3) is 3.76. The number of hydrogen-bond acceptors (Lipinski definition) is 6. The monoisotopic (exact) mass is 363 g/mol. The standard InChI is InChI=1S/C16H17N3O3S2/c1-2-22-15(21)9-14-19(13(20)11-24-14)7-8-23-16-17-10-12-5-3-4-6-18(12)16/h3-6,9-10H,2,7-8,11H2,1H3/b14-9-. The van der Waals surface area contributed by atoms with Crippen molar-refractivity contribution in [2.45, 2.75) is 12.1 Å². The summed E-state index contributed by atoms with van der Waals surface area (Å²) in [5.41, 5.74) is 1.04. The summed E-state index contributed by atoms with van der Waals surface area (Å²) < 4.78 is 6.93. The van der Waals surface area contributed by atoms with Crippen LogP contribution >= 0.6 is 23.5 Å². The largest absolute Gasteiger partial charge is 0.463 e. The van der Waals surface area contributed by atoms with Gasteiger partial charge in [-0.3, -0.25) is 9.20 Å². The number of fused-ring (bicyclic) bond motifs is 1. The first-order valence-electron chi connectivity index (χ1n) is 7.55. The van der Waals surface area contributed by atoms with Crippen LogP contribution in [0.5, 0.6) is 0 Å². The van der Waals surface area contributed by atoms with Crippen LogP contribution in [0.3, 0.4) is 0 Å². The number of amides is 1. The fourth-order valence-corrected chi connectivity index (χ4v) is 4.15. The van der Waals surface area contributed by atoms with Crippen molar-refractivity contribution in [1.82, 2.24) is 14.3 Å². The Morgan fingerprint density at radius 3 is 3.21 bits per heavy atom. The van der Waals surface area contributed by atoms with Crippen LogP contribution in [0, 0.1) is 0 Å². The van der Waals surface area contributed by atoms with Gasteiger partial charge in [0, 0.05) is 18.5 Å². The Kier molecular flexibility index (Phi) is 5.47. The molecule has 0 bridgehead atoms. The summed E-state index contributed by atoms with van der Waals surface area (Å²) in [6, 6.07) is 5.93. The van der Waals surface area contributed by atoms with Gasteiger partial charge in [-0.1, -0.05) is 29.6 Å². The summed E-state index contributed by atoms with van der Waals surface area (Å²) in [6.07, 6.45) is 5.19. The number of pyridine rings is 1. The van der Waals surface area contributed by atoms with Crippen LogP contribution in [0.15, 0.2) is 46.9 Å². The molecule has 1 fully saturated rings. The molecule has 24 heavy (non-hydrogen) atoms. The predicted molar refractivity (Wildman–Crippen MR) is 94.8 cm³/mol. The molecule has 0 aliphatic carbocycles. The summed E-state index contributed by atoms with van der Waals surface area (Å²) >= 11 is 2.95. The molecule has 0 unspecified atom stereocenters. The van der Waals surface area contributed by atoms with E-state index in [1.807, 2.05) is 35.0 Å². The zero-order chi connectivity index (χ0) is 16.9. The van der Waals surface area contributed by atoms with Gasteiger partial charge in [0.2, 0.25) is 5.91 Å². The van der Waals surface area contributed by atoms with Crippen LogP contribution in [0.4, 0.5) is 0 Å². The first-order valence-corrected chi connectivity index (χ1v) is 9.52. The minimum absolute atomic E-state index is 0.0177. The van der Waals surface area contributed by atoms with Gasteiger partial charge < -0.3 is 9.64 Å². The summed E-state index contributed by atoms with van der Waals surface area (Å²) in [5, 5.41) is 1.55. The van der Waals surface area contributed by atoms with Gasteiger partial charge in [-0.25, -0.2) is 9.78 Å². The number of ether oxygens (including phenoxy) is 1. The summed E-state index contributed by atoms with van der Waals surface area (Å²) in [7, 11) is 0. The highest BCUT2D eigenvalue weighted by Crippen LogP contribution is 2.29. The van der Waals surface area contributed by atoms with Gasteiger partial charge in [0.1, 0.15) is 0 Å². The lowest BCUT2D eigenvalue weighted by Crippen LogP contribution is -2.27. The highest BCUT2D eigenvalue weighted by molar-refractivity contribution is 8.04. The maximum Gasteiger partial charge on any atom is 0.333 e. The van der Waals surface area contributed by atoms with Crippen molar-refractivity contribution in [3.05, 3.63) is 41.7 Å². The Hall–Kier alpha value is -1.93. The summed E-state index contributed by atoms with van der Waals surface area (Å²) in [4.78, 5) is 29.6. The molecule has 0 saturated carbocycles. The Balaban J connectivity index is 1.62. The van der Waals surface area contributed by atoms with Gasteiger partial charge in [-0.05, 0) is 19.1 Å². The average molecular weight is 363 g/mol. The summed E-state index contributed by atoms with van der Waals surface area (Å²) in [6.45, 7) is 2.61. The fourth-order valence-electron chi connectivity index (χ4n) is 2.31. The number of esters is 1. The van der Waals surface area contributed by atoms with Gasteiger partial charge in [-0.2, -0.15) is 0 Å². The second-order valence-electron chi connectivity index (χ2n) is 4.95. The molecule has 2 aromatic heterocycles. The first kappa shape index (κ1) is 16.9. The van der Waals surface area contributed by atoms with Crippen molar-refractivity contribution in [2.75, 3.05) is 24.7 Å². The Morgan fingerprint density at radius 2 is 2.38 bits per heavy atom. The molecular formula is C16H17N3O3S2. The van der Waals surface area contributed by atoms with Crippen molar-refractivity contribution < 1.29 is 14.3 Å². The number of rotatable bonds is 6. The van der Waals surface area contributed by atoms with Crippen molar-refractivity contribution in [2.24, 2.45) is 0 Å². The zero-order valence-corrected chi connectivity index (χ0v) is 14.8. The lowest BCUT2D eigenvalue weighted by atomic mass is 10.4. The lowest BCUT2D eigenvalue weighted by Gasteiger charge is -2.16. The molecule has 3 rings (SSSR count). The average Bonchev–Trinajstić information content (AvgIpc) is 3.13. The molecule has 2 aromatic rings. The van der Waals surface area contributed by atoms with E-state index < -0.39 is 5.97 Å². The maximum atomic E-state index is 12.0. The van der Waals surface area contributed by atoms with Crippen LogP contribution in [0.25, 0.3) is 5.52 Å². The van der Waals surface area contributed by atoms with Crippen molar-refractivity contribution in [3.63, 3.8) is 0 Å². The van der Waals surface area contributed by atoms with E-state index in [4.69, 9.17) is 4.74 Å². The smallest absolute Gasteiger partial charge is 0.333 e. The van der Waals surface area contributed by atoms with Crippen molar-refractivity contribution >= 4 is 40.9 Å². The second-order valence-corrected chi connectivity index (χ2v) is 7.01. The quantitative estimate of drug-likeness (QED) is 0.446. The minimum atomic E-state index is -0.411. The first-order chi connectivity index (χ1) is 11.7. The topological polar surface area (TPSA) is 63.9 Å². The van der Waals surface area contributed by atoms with Crippen molar-refractivity contribution in [3.8, 4) is 0 Å². The number of carbonyl (C=O) groups is 2. The van der Waals surface area contributed by atoms with E-state index in [1.165, 1.54) is 17.8 Å². The molecule has 126 valence electrons. The third-order valence-corrected chi connectivity index (χ3v) is 5.36. The van der Waals surface area contributed by atoms with Crippen molar-refractivity contribution in [1.29, 1.82) is 0 Å². The molecule has 1 saturated heterocycles. The molecule has 6 nitrogen and oxygen atoms in total. The molecule has 0 atom stereocenters. The van der Waals surface area contributed by atoms with Crippen LogP contribution in [-0.4, -0.2) is 50.8 Å². The molecule has 0 radical (unpaired) electrons. The van der Waals surface area contributed by atoms with Gasteiger partial charge in [0.05, 0.1) is 35.2 Å². The number of hydrogen-bond donors (Lipinski definition) is 0. The molecule has 0 spiro atoms. The van der Waals surface area contributed by atoms with E-state index in [0.29, 0.717) is 29.7 Å². The highest BCUT2D eigenvalue weighted by Gasteiger charge is 2.27. The molecular weight excluding hydrogens is 346 g/mol. The molecule has 1 aliphatic rings. The molecule has 8 heteroatoms. The molecule has 1 aliphatic heterocycles. The van der Waals surface area contributed by atoms with E-state index in [2.05, 4.69) is 4.98 Å². The molecule has 0 N–H and O–H groups in total. The Morgan fingerprint density at radius 1 is 1.50 bits per heavy atom. The van der Waals surface area contributed by atoms with Gasteiger partial charge in [0.15, 0.2) is 5.16 Å². The normalized spacial score (nSPS) is 16.3. The maximum absolute atomic E-state index is 12.0. The number of nitrogens with zero attached hydrogens (tertiary/aromatic N) is 3. The number of imidazole rings is 1. The predicted octanol–water partition coefficient (Wildman–Crippen LogP) is 2.41. The third-order valence-electron chi connectivity index (χ3n) is 3.39. The van der Waals surface area contributed by atoms with E-state index in [0.717, 1.165) is 10.7 Å². The SMILES string of the molecule is CCOC(=O)/C=C1\SCC(=O)N1CCSc1ncc2ccccn12. The van der Waals surface area contributed by atoms with E-state index in [-0.39, 0.29) is 5.91 Å². The number of aromatic nitrogens is 2. The Bertz CT molecular complexity index is 788. The van der Waals surface area contributed by atoms with Gasteiger partial charge in [-0.15, -0.1) is 0 Å².